The van der Waals surface area contributed by atoms with Crippen LogP contribution in [0.3, 0.4) is 0 Å². The number of methoxy groups -OCH3 is 1. The van der Waals surface area contributed by atoms with E-state index in [1.54, 1.807) is 13.2 Å². The van der Waals surface area contributed by atoms with Crippen LogP contribution in [0.1, 0.15) is 11.1 Å². The number of rotatable bonds is 7. The van der Waals surface area contributed by atoms with E-state index >= 15 is 0 Å². The molecular weight excluding hydrogens is 371 g/mol. The van der Waals surface area contributed by atoms with Gasteiger partial charge in [0.15, 0.2) is 0 Å². The minimum absolute atomic E-state index is 0.0463. The van der Waals surface area contributed by atoms with Crippen LogP contribution in [0.5, 0.6) is 5.75 Å². The average Bonchev–Trinajstić information content (AvgIpc) is 2.67. The summed E-state index contributed by atoms with van der Waals surface area (Å²) in [5, 5.41) is 14.3. The van der Waals surface area contributed by atoms with E-state index in [2.05, 4.69) is 10.6 Å². The second-order valence-corrected chi connectivity index (χ2v) is 5.72. The zero-order valence-corrected chi connectivity index (χ0v) is 15.0. The highest BCUT2D eigenvalue weighted by atomic mass is 19.4. The van der Waals surface area contributed by atoms with Crippen LogP contribution in [0.4, 0.5) is 18.9 Å². The second-order valence-electron chi connectivity index (χ2n) is 5.72. The van der Waals surface area contributed by atoms with Gasteiger partial charge in [0.1, 0.15) is 17.4 Å². The molecule has 2 aromatic carbocycles. The van der Waals surface area contributed by atoms with Gasteiger partial charge in [0.25, 0.3) is 5.91 Å². The molecule has 0 heterocycles. The number of nitrogens with one attached hydrogen (secondary N) is 2. The maximum absolute atomic E-state index is 12.7. The Morgan fingerprint density at radius 3 is 2.64 bits per heavy atom. The lowest BCUT2D eigenvalue weighted by Crippen LogP contribution is -2.18. The lowest BCUT2D eigenvalue weighted by molar-refractivity contribution is -0.137. The number of nitrogens with zero attached hydrogens (tertiary/aromatic N) is 1. The summed E-state index contributed by atoms with van der Waals surface area (Å²) in [6, 6.07) is 13.4. The summed E-state index contributed by atoms with van der Waals surface area (Å²) in [6.07, 6.45) is -2.69. The van der Waals surface area contributed by atoms with Crippen molar-refractivity contribution in [3.05, 3.63) is 71.4 Å². The minimum atomic E-state index is -4.52. The number of nitriles is 1. The van der Waals surface area contributed by atoms with Crippen LogP contribution in [0.2, 0.25) is 0 Å². The normalized spacial score (nSPS) is 11.5. The van der Waals surface area contributed by atoms with Gasteiger partial charge in [-0.05, 0) is 36.2 Å². The van der Waals surface area contributed by atoms with Crippen molar-refractivity contribution >= 4 is 11.6 Å². The highest BCUT2D eigenvalue weighted by Crippen LogP contribution is 2.30. The Morgan fingerprint density at radius 2 is 1.96 bits per heavy atom. The SMILES string of the molecule is COc1ccccc1CCN/C=C(/C#N)C(=O)Nc1cccc(C(F)(F)F)c1. The molecular formula is C20H18F3N3O2. The number of hydrogen-bond acceptors (Lipinski definition) is 4. The molecule has 0 bridgehead atoms. The van der Waals surface area contributed by atoms with Crippen molar-refractivity contribution in [3.63, 3.8) is 0 Å². The van der Waals surface area contributed by atoms with E-state index in [0.717, 1.165) is 23.4 Å². The number of anilines is 1. The molecule has 2 rings (SSSR count). The predicted octanol–water partition coefficient (Wildman–Crippen LogP) is 3.89. The highest BCUT2D eigenvalue weighted by molar-refractivity contribution is 6.06. The summed E-state index contributed by atoms with van der Waals surface area (Å²) in [7, 11) is 1.57. The molecule has 146 valence electrons. The van der Waals surface area contributed by atoms with Crippen molar-refractivity contribution in [2.75, 3.05) is 19.0 Å². The number of hydrogen-bond donors (Lipinski definition) is 2. The van der Waals surface area contributed by atoms with Gasteiger partial charge in [0, 0.05) is 18.4 Å². The average molecular weight is 389 g/mol. The largest absolute Gasteiger partial charge is 0.496 e. The number of carbonyl (C=O) groups is 1. The summed E-state index contributed by atoms with van der Waals surface area (Å²) in [4.78, 5) is 12.1. The maximum atomic E-state index is 12.7. The molecule has 2 N–H and O–H groups in total. The topological polar surface area (TPSA) is 74.1 Å². The minimum Gasteiger partial charge on any atom is -0.496 e. The summed E-state index contributed by atoms with van der Waals surface area (Å²) in [5.74, 6) is -0.0670. The van der Waals surface area contributed by atoms with Crippen molar-refractivity contribution in [2.24, 2.45) is 0 Å². The zero-order valence-electron chi connectivity index (χ0n) is 15.0. The number of halogens is 3. The van der Waals surface area contributed by atoms with Gasteiger partial charge in [-0.3, -0.25) is 4.79 Å². The van der Waals surface area contributed by atoms with Gasteiger partial charge in [-0.2, -0.15) is 18.4 Å². The van der Waals surface area contributed by atoms with E-state index < -0.39 is 17.6 Å². The van der Waals surface area contributed by atoms with Crippen LogP contribution >= 0.6 is 0 Å². The first-order chi connectivity index (χ1) is 13.3. The fourth-order valence-electron chi connectivity index (χ4n) is 2.41. The van der Waals surface area contributed by atoms with Crippen molar-refractivity contribution < 1.29 is 22.7 Å². The Hall–Kier alpha value is -3.47. The van der Waals surface area contributed by atoms with Gasteiger partial charge in [0.2, 0.25) is 0 Å². The molecule has 0 saturated carbocycles. The van der Waals surface area contributed by atoms with Crippen LogP contribution < -0.4 is 15.4 Å². The molecule has 0 aliphatic rings. The van der Waals surface area contributed by atoms with Crippen molar-refractivity contribution in [1.82, 2.24) is 5.32 Å². The maximum Gasteiger partial charge on any atom is 0.416 e. The lowest BCUT2D eigenvalue weighted by atomic mass is 10.1. The van der Waals surface area contributed by atoms with Crippen molar-refractivity contribution in [1.29, 1.82) is 5.26 Å². The standard InChI is InChI=1S/C20H18F3N3O2/c1-28-18-8-3-2-5-14(18)9-10-25-13-15(12-24)19(27)26-17-7-4-6-16(11-17)20(21,22)23/h2-8,11,13,25H,9-10H2,1H3,(H,26,27)/b15-13-. The Bertz CT molecular complexity index is 902. The molecule has 0 fully saturated rings. The molecule has 0 aromatic heterocycles. The number of carbonyl (C=O) groups excluding carboxylic acids is 1. The quantitative estimate of drug-likeness (QED) is 0.428. The molecule has 0 radical (unpaired) electrons. The lowest BCUT2D eigenvalue weighted by Gasteiger charge is -2.10. The summed E-state index contributed by atoms with van der Waals surface area (Å²) in [5.41, 5.74) is -0.229. The molecule has 1 amide bonds. The molecule has 0 saturated heterocycles. The van der Waals surface area contributed by atoms with E-state index in [9.17, 15) is 18.0 Å². The first kappa shape index (κ1) is 20.8. The molecule has 5 nitrogen and oxygen atoms in total. The van der Waals surface area contributed by atoms with Gasteiger partial charge in [-0.25, -0.2) is 0 Å². The number of benzene rings is 2. The van der Waals surface area contributed by atoms with E-state index in [1.807, 2.05) is 24.3 Å². The molecule has 8 heteroatoms. The highest BCUT2D eigenvalue weighted by Gasteiger charge is 2.30. The number of amides is 1. The molecule has 0 atom stereocenters. The van der Waals surface area contributed by atoms with Gasteiger partial charge in [-0.1, -0.05) is 24.3 Å². The van der Waals surface area contributed by atoms with Crippen LogP contribution in [0, 0.1) is 11.3 Å². The van der Waals surface area contributed by atoms with Gasteiger partial charge in [-0.15, -0.1) is 0 Å². The fraction of sp³-hybridized carbons (Fsp3) is 0.200. The number of ether oxygens (including phenoxy) is 1. The fourth-order valence-corrected chi connectivity index (χ4v) is 2.41. The second kappa shape index (κ2) is 9.46. The third-order valence-corrected chi connectivity index (χ3v) is 3.79. The van der Waals surface area contributed by atoms with Crippen molar-refractivity contribution in [2.45, 2.75) is 12.6 Å². The van der Waals surface area contributed by atoms with E-state index in [0.29, 0.717) is 13.0 Å². The van der Waals surface area contributed by atoms with Gasteiger partial charge >= 0.3 is 6.18 Å². The molecule has 28 heavy (non-hydrogen) atoms. The zero-order chi connectivity index (χ0) is 20.6. The number of alkyl halides is 3. The Balaban J connectivity index is 1.97. The third kappa shape index (κ3) is 5.77. The molecule has 0 aliphatic carbocycles. The summed E-state index contributed by atoms with van der Waals surface area (Å²) < 4.78 is 43.4. The monoisotopic (exact) mass is 389 g/mol. The molecule has 0 unspecified atom stereocenters. The summed E-state index contributed by atoms with van der Waals surface area (Å²) in [6.45, 7) is 0.433. The van der Waals surface area contributed by atoms with Crippen LogP contribution in [0.25, 0.3) is 0 Å². The molecule has 0 aliphatic heterocycles. The Labute approximate surface area is 160 Å². The molecule has 0 spiro atoms. The van der Waals surface area contributed by atoms with E-state index in [-0.39, 0.29) is 11.3 Å². The van der Waals surface area contributed by atoms with Crippen LogP contribution in [-0.4, -0.2) is 19.6 Å². The first-order valence-corrected chi connectivity index (χ1v) is 8.29. The van der Waals surface area contributed by atoms with Crippen LogP contribution in [0.15, 0.2) is 60.3 Å². The van der Waals surface area contributed by atoms with E-state index in [4.69, 9.17) is 10.00 Å². The van der Waals surface area contributed by atoms with Crippen molar-refractivity contribution in [3.8, 4) is 11.8 Å². The van der Waals surface area contributed by atoms with E-state index in [1.165, 1.54) is 18.3 Å². The first-order valence-electron chi connectivity index (χ1n) is 8.29. The number of para-hydroxylation sites is 1. The van der Waals surface area contributed by atoms with Crippen LogP contribution in [-0.2, 0) is 17.4 Å². The van der Waals surface area contributed by atoms with Gasteiger partial charge < -0.3 is 15.4 Å². The smallest absolute Gasteiger partial charge is 0.416 e. The summed E-state index contributed by atoms with van der Waals surface area (Å²) >= 11 is 0. The molecule has 2 aromatic rings. The van der Waals surface area contributed by atoms with Gasteiger partial charge in [0.05, 0.1) is 12.7 Å². The predicted molar refractivity (Wildman–Crippen MR) is 98.5 cm³/mol. The Morgan fingerprint density at radius 1 is 1.21 bits per heavy atom. The Kier molecular flexibility index (Phi) is 7.04. The third-order valence-electron chi connectivity index (χ3n) is 3.79.